The van der Waals surface area contributed by atoms with E-state index in [0.717, 1.165) is 38.2 Å². The number of nitrogens with zero attached hydrogens (tertiary/aromatic N) is 2. The van der Waals surface area contributed by atoms with Crippen LogP contribution >= 0.6 is 0 Å². The van der Waals surface area contributed by atoms with Gasteiger partial charge in [-0.1, -0.05) is 6.07 Å². The highest BCUT2D eigenvalue weighted by molar-refractivity contribution is 5.76. The van der Waals surface area contributed by atoms with Crippen LogP contribution in [0.5, 0.6) is 0 Å². The van der Waals surface area contributed by atoms with Gasteiger partial charge in [0.2, 0.25) is 5.69 Å². The molecule has 3 heteroatoms. The lowest BCUT2D eigenvalue weighted by Gasteiger charge is -2.13. The van der Waals surface area contributed by atoms with Gasteiger partial charge in [0.05, 0.1) is 0 Å². The minimum Gasteiger partial charge on any atom is -0.618 e. The minimum absolute atomic E-state index is 0.745. The molecule has 2 aromatic rings. The fourth-order valence-corrected chi connectivity index (χ4v) is 2.18. The molecule has 1 heterocycles. The van der Waals surface area contributed by atoms with Crippen LogP contribution in [-0.4, -0.2) is 15.9 Å². The van der Waals surface area contributed by atoms with E-state index in [1.807, 2.05) is 39.8 Å². The molecule has 19 heavy (non-hydrogen) atoms. The monoisotopic (exact) mass is 254 g/mol. The van der Waals surface area contributed by atoms with Crippen LogP contribution in [0.1, 0.15) is 27.8 Å². The van der Waals surface area contributed by atoms with E-state index in [4.69, 9.17) is 0 Å². The Labute approximate surface area is 113 Å². The molecule has 2 rings (SSSR count). The van der Waals surface area contributed by atoms with Gasteiger partial charge in [0, 0.05) is 29.1 Å². The van der Waals surface area contributed by atoms with Gasteiger partial charge in [0.1, 0.15) is 0 Å². The average molecular weight is 254 g/mol. The highest BCUT2D eigenvalue weighted by Crippen LogP contribution is 2.28. The zero-order valence-electron chi connectivity index (χ0n) is 11.8. The summed E-state index contributed by atoms with van der Waals surface area (Å²) in [6.07, 6.45) is 4.96. The second-order valence-corrected chi connectivity index (χ2v) is 4.84. The van der Waals surface area contributed by atoms with Crippen LogP contribution in [-0.2, 0) is 0 Å². The van der Waals surface area contributed by atoms with Gasteiger partial charge in [-0.2, -0.15) is 4.74 Å². The van der Waals surface area contributed by atoms with Crippen molar-refractivity contribution in [3.05, 3.63) is 63.6 Å². The standard InChI is InChI=1S/C16H18N2O/c1-11-9-12(2)14(4)16(13(11)3)18(19)10-15-5-7-17-8-6-15/h5-10H,1-4H3/b18-10-. The Balaban J connectivity index is 2.56. The van der Waals surface area contributed by atoms with Crippen molar-refractivity contribution in [2.24, 2.45) is 0 Å². The summed E-state index contributed by atoms with van der Waals surface area (Å²) in [5.74, 6) is 0. The number of benzene rings is 1. The summed E-state index contributed by atoms with van der Waals surface area (Å²) < 4.78 is 0.958. The second kappa shape index (κ2) is 5.22. The molecule has 0 radical (unpaired) electrons. The first kappa shape index (κ1) is 13.3. The quantitative estimate of drug-likeness (QED) is 0.355. The number of rotatable bonds is 2. The van der Waals surface area contributed by atoms with E-state index in [1.165, 1.54) is 0 Å². The Morgan fingerprint density at radius 1 is 1.00 bits per heavy atom. The van der Waals surface area contributed by atoms with Crippen LogP contribution in [0.3, 0.4) is 0 Å². The summed E-state index contributed by atoms with van der Waals surface area (Å²) in [4.78, 5) is 3.95. The molecule has 3 nitrogen and oxygen atoms in total. The smallest absolute Gasteiger partial charge is 0.222 e. The zero-order valence-corrected chi connectivity index (χ0v) is 11.8. The number of aromatic nitrogens is 1. The molecule has 0 atom stereocenters. The van der Waals surface area contributed by atoms with Crippen molar-refractivity contribution in [1.82, 2.24) is 4.98 Å². The third-order valence-electron chi connectivity index (χ3n) is 3.52. The van der Waals surface area contributed by atoms with Gasteiger partial charge in [-0.05, 0) is 51.0 Å². The molecule has 0 amide bonds. The molecule has 98 valence electrons. The van der Waals surface area contributed by atoms with Gasteiger partial charge in [0.25, 0.3) is 0 Å². The Morgan fingerprint density at radius 2 is 1.53 bits per heavy atom. The molecule has 0 bridgehead atoms. The van der Waals surface area contributed by atoms with Gasteiger partial charge < -0.3 is 5.21 Å². The van der Waals surface area contributed by atoms with Crippen molar-refractivity contribution in [1.29, 1.82) is 0 Å². The SMILES string of the molecule is Cc1cc(C)c(C)c(/[N+]([O-])=C/c2ccncc2)c1C. The summed E-state index contributed by atoms with van der Waals surface area (Å²) in [5, 5.41) is 12.4. The molecule has 0 unspecified atom stereocenters. The van der Waals surface area contributed by atoms with E-state index < -0.39 is 0 Å². The lowest BCUT2D eigenvalue weighted by atomic mass is 9.99. The number of hydrogen-bond acceptors (Lipinski definition) is 2. The molecule has 1 aromatic carbocycles. The van der Waals surface area contributed by atoms with Crippen LogP contribution in [0, 0.1) is 32.9 Å². The molecule has 0 saturated heterocycles. The molecule has 0 aliphatic heterocycles. The highest BCUT2D eigenvalue weighted by Gasteiger charge is 2.15. The first-order chi connectivity index (χ1) is 9.00. The van der Waals surface area contributed by atoms with Crippen LogP contribution in [0.4, 0.5) is 5.69 Å². The molecule has 1 aromatic heterocycles. The zero-order chi connectivity index (χ0) is 14.0. The van der Waals surface area contributed by atoms with Crippen molar-refractivity contribution < 1.29 is 4.74 Å². The summed E-state index contributed by atoms with van der Waals surface area (Å²) in [6, 6.07) is 5.75. The summed E-state index contributed by atoms with van der Waals surface area (Å²) >= 11 is 0. The molecular weight excluding hydrogens is 236 g/mol. The fourth-order valence-electron chi connectivity index (χ4n) is 2.18. The van der Waals surface area contributed by atoms with Crippen LogP contribution in [0.2, 0.25) is 0 Å². The molecule has 0 spiro atoms. The van der Waals surface area contributed by atoms with E-state index in [2.05, 4.69) is 11.1 Å². The normalized spacial score (nSPS) is 11.7. The van der Waals surface area contributed by atoms with E-state index in [9.17, 15) is 5.21 Å². The van der Waals surface area contributed by atoms with Gasteiger partial charge in [0.15, 0.2) is 6.21 Å². The summed E-state index contributed by atoms with van der Waals surface area (Å²) in [6.45, 7) is 8.04. The van der Waals surface area contributed by atoms with Gasteiger partial charge in [-0.25, -0.2) is 0 Å². The van der Waals surface area contributed by atoms with Gasteiger partial charge >= 0.3 is 0 Å². The van der Waals surface area contributed by atoms with Crippen molar-refractivity contribution >= 4 is 11.9 Å². The Morgan fingerprint density at radius 3 is 2.05 bits per heavy atom. The minimum atomic E-state index is 0.745. The van der Waals surface area contributed by atoms with Crippen molar-refractivity contribution in [2.45, 2.75) is 27.7 Å². The third kappa shape index (κ3) is 2.65. The fraction of sp³-hybridized carbons (Fsp3) is 0.250. The molecule has 0 fully saturated rings. The maximum Gasteiger partial charge on any atom is 0.222 e. The largest absolute Gasteiger partial charge is 0.618 e. The molecule has 0 aliphatic rings. The molecule has 0 aliphatic carbocycles. The van der Waals surface area contributed by atoms with Gasteiger partial charge in [-0.3, -0.25) is 4.98 Å². The predicted octanol–water partition coefficient (Wildman–Crippen LogP) is 3.58. The van der Waals surface area contributed by atoms with Crippen LogP contribution < -0.4 is 0 Å². The lowest BCUT2D eigenvalue weighted by Crippen LogP contribution is -2.05. The Bertz CT molecular complexity index is 605. The highest BCUT2D eigenvalue weighted by atomic mass is 16.5. The number of pyridine rings is 1. The lowest BCUT2D eigenvalue weighted by molar-refractivity contribution is -0.355. The maximum absolute atomic E-state index is 12.4. The Kier molecular flexibility index (Phi) is 3.65. The average Bonchev–Trinajstić information content (AvgIpc) is 2.38. The molecule has 0 N–H and O–H groups in total. The predicted molar refractivity (Wildman–Crippen MR) is 78.1 cm³/mol. The van der Waals surface area contributed by atoms with E-state index in [0.29, 0.717) is 0 Å². The number of aryl methyl sites for hydroxylation is 2. The first-order valence-corrected chi connectivity index (χ1v) is 6.29. The van der Waals surface area contributed by atoms with Crippen molar-refractivity contribution in [2.75, 3.05) is 0 Å². The third-order valence-corrected chi connectivity index (χ3v) is 3.52. The van der Waals surface area contributed by atoms with E-state index >= 15 is 0 Å². The van der Waals surface area contributed by atoms with Crippen molar-refractivity contribution in [3.8, 4) is 0 Å². The Hall–Kier alpha value is -2.16. The topological polar surface area (TPSA) is 39.0 Å². The van der Waals surface area contributed by atoms with Crippen LogP contribution in [0.25, 0.3) is 0 Å². The van der Waals surface area contributed by atoms with E-state index in [-0.39, 0.29) is 0 Å². The molecular formula is C16H18N2O. The van der Waals surface area contributed by atoms with Crippen molar-refractivity contribution in [3.63, 3.8) is 0 Å². The maximum atomic E-state index is 12.4. The first-order valence-electron chi connectivity index (χ1n) is 6.29. The summed E-state index contributed by atoms with van der Waals surface area (Å²) in [5.41, 5.74) is 5.94. The van der Waals surface area contributed by atoms with E-state index in [1.54, 1.807) is 18.6 Å². The van der Waals surface area contributed by atoms with Crippen LogP contribution in [0.15, 0.2) is 30.6 Å². The summed E-state index contributed by atoms with van der Waals surface area (Å²) in [7, 11) is 0. The van der Waals surface area contributed by atoms with Gasteiger partial charge in [-0.15, -0.1) is 0 Å². The molecule has 0 saturated carbocycles. The second-order valence-electron chi connectivity index (χ2n) is 4.84. The number of hydrogen-bond donors (Lipinski definition) is 0.